The molecule has 0 fully saturated rings. The van der Waals surface area contributed by atoms with Crippen LogP contribution in [-0.2, 0) is 0 Å². The fourth-order valence-electron chi connectivity index (χ4n) is 2.84. The Kier molecular flexibility index (Phi) is 10.6. The van der Waals surface area contributed by atoms with Crippen molar-refractivity contribution < 1.29 is 9.47 Å². The second kappa shape index (κ2) is 13.2. The maximum atomic E-state index is 9.96. The summed E-state index contributed by atoms with van der Waals surface area (Å²) in [6.45, 7) is 7.77. The molecule has 0 spiro atoms. The van der Waals surface area contributed by atoms with Gasteiger partial charge in [-0.15, -0.1) is 0 Å². The van der Waals surface area contributed by atoms with Crippen molar-refractivity contribution in [3.8, 4) is 23.6 Å². The molecule has 2 aromatic rings. The summed E-state index contributed by atoms with van der Waals surface area (Å²) in [5.41, 5.74) is 6.91. The minimum absolute atomic E-state index is 0.0749. The molecule has 0 amide bonds. The van der Waals surface area contributed by atoms with Crippen molar-refractivity contribution in [1.29, 1.82) is 10.5 Å². The van der Waals surface area contributed by atoms with Crippen molar-refractivity contribution in [3.63, 3.8) is 0 Å². The number of nitrogens with zero attached hydrogens (tertiary/aromatic N) is 4. The predicted octanol–water partition coefficient (Wildman–Crippen LogP) is 4.48. The van der Waals surface area contributed by atoms with Gasteiger partial charge in [0.05, 0.1) is 4.90 Å². The van der Waals surface area contributed by atoms with Crippen molar-refractivity contribution >= 4 is 29.1 Å². The van der Waals surface area contributed by atoms with Crippen LogP contribution in [0.5, 0.6) is 11.5 Å². The molecule has 176 valence electrons. The molecule has 0 radical (unpaired) electrons. The summed E-state index contributed by atoms with van der Waals surface area (Å²) in [5, 5.41) is 20.1. The van der Waals surface area contributed by atoms with Crippen molar-refractivity contribution in [2.45, 2.75) is 23.6 Å². The minimum atomic E-state index is 0.0749. The maximum absolute atomic E-state index is 9.96. The fraction of sp³-hybridized carbons (Fsp3) is 0.417. The predicted molar refractivity (Wildman–Crippen MR) is 133 cm³/mol. The molecule has 0 aromatic heterocycles. The Morgan fingerprint density at radius 2 is 1.45 bits per heavy atom. The van der Waals surface area contributed by atoms with Crippen LogP contribution >= 0.6 is 23.4 Å². The molecule has 0 saturated heterocycles. The summed E-state index contributed by atoms with van der Waals surface area (Å²) in [5.74, 6) is 0.463. The number of anilines is 1. The summed E-state index contributed by atoms with van der Waals surface area (Å²) in [6, 6.07) is 11.6. The van der Waals surface area contributed by atoms with E-state index in [1.165, 1.54) is 11.8 Å². The van der Waals surface area contributed by atoms with E-state index in [1.54, 1.807) is 6.07 Å². The van der Waals surface area contributed by atoms with Crippen molar-refractivity contribution in [2.24, 2.45) is 0 Å². The van der Waals surface area contributed by atoms with Gasteiger partial charge in [-0.05, 0) is 39.3 Å². The van der Waals surface area contributed by atoms with Crippen molar-refractivity contribution in [1.82, 2.24) is 9.80 Å². The minimum Gasteiger partial charge on any atom is -0.490 e. The number of ether oxygens (including phenoxy) is 2. The van der Waals surface area contributed by atoms with Gasteiger partial charge >= 0.3 is 0 Å². The molecule has 2 aromatic carbocycles. The molecule has 0 aliphatic rings. The zero-order chi connectivity index (χ0) is 24.4. The van der Waals surface area contributed by atoms with Gasteiger partial charge in [-0.1, -0.05) is 49.3 Å². The van der Waals surface area contributed by atoms with Gasteiger partial charge in [-0.2, -0.15) is 10.5 Å². The molecule has 33 heavy (non-hydrogen) atoms. The lowest BCUT2D eigenvalue weighted by Gasteiger charge is -2.21. The molecular formula is C24H30ClN5O2S. The number of nitrogens with two attached hydrogens (primary N) is 1. The van der Waals surface area contributed by atoms with Gasteiger partial charge in [0.15, 0.2) is 11.5 Å². The highest BCUT2D eigenvalue weighted by atomic mass is 35.5. The highest BCUT2D eigenvalue weighted by Gasteiger charge is 2.27. The Bertz CT molecular complexity index is 1030. The molecular weight excluding hydrogens is 458 g/mol. The van der Waals surface area contributed by atoms with E-state index in [4.69, 9.17) is 26.8 Å². The first-order chi connectivity index (χ1) is 15.9. The van der Waals surface area contributed by atoms with E-state index in [0.29, 0.717) is 36.9 Å². The van der Waals surface area contributed by atoms with Crippen LogP contribution in [0.1, 0.15) is 25.0 Å². The molecule has 2 N–H and O–H groups in total. The Labute approximate surface area is 205 Å². The number of halogens is 1. The second-order valence-electron chi connectivity index (χ2n) is 7.40. The number of para-hydroxylation sites is 1. The fourth-order valence-corrected chi connectivity index (χ4v) is 4.18. The van der Waals surface area contributed by atoms with E-state index in [1.807, 2.05) is 46.1 Å². The molecule has 9 heteroatoms. The van der Waals surface area contributed by atoms with Crippen molar-refractivity contribution in [3.05, 3.63) is 40.4 Å². The van der Waals surface area contributed by atoms with Gasteiger partial charge in [0.25, 0.3) is 0 Å². The van der Waals surface area contributed by atoms with Crippen LogP contribution in [0.3, 0.4) is 0 Å². The zero-order valence-electron chi connectivity index (χ0n) is 19.5. The first kappa shape index (κ1) is 26.6. The molecule has 0 aliphatic heterocycles. The SMILES string of the molecule is CCN(C)CCOc1c(Cl)c(Sc2ccccc2N)c(OCCN(C)CC)c(C#N)c1C#N. The second-order valence-corrected chi connectivity index (χ2v) is 8.83. The third-order valence-corrected chi connectivity index (χ3v) is 6.84. The quantitative estimate of drug-likeness (QED) is 0.437. The Morgan fingerprint density at radius 3 is 1.97 bits per heavy atom. The van der Waals surface area contributed by atoms with Crippen LogP contribution in [0.15, 0.2) is 34.1 Å². The van der Waals surface area contributed by atoms with Gasteiger partial charge in [0.1, 0.15) is 41.5 Å². The number of likely N-dealkylation sites (N-methyl/N-ethyl adjacent to an activating group) is 2. The normalized spacial score (nSPS) is 10.8. The van der Waals surface area contributed by atoms with E-state index < -0.39 is 0 Å². The first-order valence-electron chi connectivity index (χ1n) is 10.7. The number of hydrogen-bond donors (Lipinski definition) is 1. The lowest BCUT2D eigenvalue weighted by Crippen LogP contribution is -2.24. The van der Waals surface area contributed by atoms with E-state index >= 15 is 0 Å². The number of nitrogen functional groups attached to an aromatic ring is 1. The monoisotopic (exact) mass is 487 g/mol. The summed E-state index contributed by atoms with van der Waals surface area (Å²) >= 11 is 8.09. The molecule has 2 rings (SSSR count). The average Bonchev–Trinajstić information content (AvgIpc) is 2.82. The van der Waals surface area contributed by atoms with Gasteiger partial charge in [-0.25, -0.2) is 0 Å². The van der Waals surface area contributed by atoms with Crippen LogP contribution in [-0.4, -0.2) is 63.3 Å². The van der Waals surface area contributed by atoms with Crippen LogP contribution in [0, 0.1) is 22.7 Å². The molecule has 0 unspecified atom stereocenters. The van der Waals surface area contributed by atoms with Gasteiger partial charge in [0.2, 0.25) is 0 Å². The molecule has 7 nitrogen and oxygen atoms in total. The topological polar surface area (TPSA) is 98.5 Å². The van der Waals surface area contributed by atoms with E-state index in [2.05, 4.69) is 21.9 Å². The highest BCUT2D eigenvalue weighted by molar-refractivity contribution is 7.99. The van der Waals surface area contributed by atoms with Crippen LogP contribution in [0.4, 0.5) is 5.69 Å². The number of benzene rings is 2. The van der Waals surface area contributed by atoms with E-state index in [-0.39, 0.29) is 27.6 Å². The van der Waals surface area contributed by atoms with E-state index in [9.17, 15) is 10.5 Å². The highest BCUT2D eigenvalue weighted by Crippen LogP contribution is 2.49. The lowest BCUT2D eigenvalue weighted by molar-refractivity contribution is 0.235. The largest absolute Gasteiger partial charge is 0.490 e. The lowest BCUT2D eigenvalue weighted by atomic mass is 10.1. The van der Waals surface area contributed by atoms with Crippen LogP contribution < -0.4 is 15.2 Å². The summed E-state index contributed by atoms with van der Waals surface area (Å²) in [6.07, 6.45) is 0. The number of rotatable bonds is 12. The molecule has 0 atom stereocenters. The van der Waals surface area contributed by atoms with Gasteiger partial charge in [0, 0.05) is 23.7 Å². The summed E-state index contributed by atoms with van der Waals surface area (Å²) < 4.78 is 12.0. The van der Waals surface area contributed by atoms with Crippen LogP contribution in [0.25, 0.3) is 0 Å². The van der Waals surface area contributed by atoms with Gasteiger partial charge in [-0.3, -0.25) is 0 Å². The average molecular weight is 488 g/mol. The zero-order valence-corrected chi connectivity index (χ0v) is 21.1. The van der Waals surface area contributed by atoms with Gasteiger partial charge < -0.3 is 25.0 Å². The first-order valence-corrected chi connectivity index (χ1v) is 11.9. The number of hydrogen-bond acceptors (Lipinski definition) is 8. The summed E-state index contributed by atoms with van der Waals surface area (Å²) in [4.78, 5) is 5.43. The molecule has 0 bridgehead atoms. The standard InChI is InChI=1S/C24H30ClN5O2S/c1-5-29(3)11-13-31-22-17(15-26)18(16-27)23(32-14-12-30(4)6-2)24(21(22)25)33-20-10-8-7-9-19(20)28/h7-10H,5-6,11-14,28H2,1-4H3. The van der Waals surface area contributed by atoms with E-state index in [0.717, 1.165) is 18.0 Å². The molecule has 0 aliphatic carbocycles. The third kappa shape index (κ3) is 6.93. The summed E-state index contributed by atoms with van der Waals surface area (Å²) in [7, 11) is 3.95. The number of nitriles is 2. The smallest absolute Gasteiger partial charge is 0.158 e. The maximum Gasteiger partial charge on any atom is 0.158 e. The Morgan fingerprint density at radius 1 is 0.939 bits per heavy atom. The van der Waals surface area contributed by atoms with Crippen molar-refractivity contribution in [2.75, 3.05) is 59.2 Å². The molecule has 0 heterocycles. The molecule has 0 saturated carbocycles. The third-order valence-electron chi connectivity index (χ3n) is 5.18. The Hall–Kier alpha value is -2.62. The Balaban J connectivity index is 2.57. The van der Waals surface area contributed by atoms with Crippen LogP contribution in [0.2, 0.25) is 5.02 Å².